The summed E-state index contributed by atoms with van der Waals surface area (Å²) in [5.41, 5.74) is 1.72. The zero-order chi connectivity index (χ0) is 22.6. The topological polar surface area (TPSA) is 71.5 Å². The Balaban J connectivity index is 1.59. The van der Waals surface area contributed by atoms with E-state index in [9.17, 15) is 14.0 Å². The highest BCUT2D eigenvalue weighted by Crippen LogP contribution is 2.42. The Morgan fingerprint density at radius 3 is 2.78 bits per heavy atom. The maximum atomic E-state index is 14.5. The van der Waals surface area contributed by atoms with E-state index in [4.69, 9.17) is 4.74 Å². The molecule has 0 radical (unpaired) electrons. The van der Waals surface area contributed by atoms with Crippen molar-refractivity contribution in [3.8, 4) is 0 Å². The molecule has 1 atom stereocenters. The predicted octanol–water partition coefficient (Wildman–Crippen LogP) is 3.56. The molecule has 0 saturated carbocycles. The molecule has 2 saturated heterocycles. The van der Waals surface area contributed by atoms with Crippen LogP contribution >= 0.6 is 0 Å². The molecule has 1 aromatic carbocycles. The molecule has 2 fully saturated rings. The van der Waals surface area contributed by atoms with Gasteiger partial charge in [-0.15, -0.1) is 0 Å². The van der Waals surface area contributed by atoms with Crippen LogP contribution in [0.25, 0.3) is 0 Å². The number of amides is 2. The van der Waals surface area contributed by atoms with Crippen molar-refractivity contribution in [3.63, 3.8) is 0 Å². The van der Waals surface area contributed by atoms with Gasteiger partial charge in [-0.3, -0.25) is 14.6 Å². The van der Waals surface area contributed by atoms with Gasteiger partial charge in [0.25, 0.3) is 0 Å². The Morgan fingerprint density at radius 1 is 1.25 bits per heavy atom. The van der Waals surface area contributed by atoms with Crippen LogP contribution in [0.4, 0.5) is 4.39 Å². The minimum atomic E-state index is -0.658. The van der Waals surface area contributed by atoms with Gasteiger partial charge >= 0.3 is 0 Å². The average molecular weight is 440 g/mol. The molecule has 2 aromatic rings. The summed E-state index contributed by atoms with van der Waals surface area (Å²) in [5, 5.41) is 2.77. The van der Waals surface area contributed by atoms with Gasteiger partial charge in [0.15, 0.2) is 0 Å². The molecule has 4 rings (SSSR count). The fourth-order valence-electron chi connectivity index (χ4n) is 4.91. The van der Waals surface area contributed by atoms with Gasteiger partial charge in [0, 0.05) is 32.9 Å². The molecule has 3 heterocycles. The Kier molecular flexibility index (Phi) is 6.84. The van der Waals surface area contributed by atoms with E-state index < -0.39 is 5.41 Å². The number of likely N-dealkylation sites (tertiary alicyclic amines) is 1. The van der Waals surface area contributed by atoms with Crippen LogP contribution < -0.4 is 5.32 Å². The molecule has 7 heteroatoms. The number of hydrogen-bond donors (Lipinski definition) is 1. The second-order valence-electron chi connectivity index (χ2n) is 8.81. The quantitative estimate of drug-likeness (QED) is 0.747. The Hall–Kier alpha value is -2.80. The van der Waals surface area contributed by atoms with E-state index in [1.165, 1.54) is 13.0 Å². The van der Waals surface area contributed by atoms with Crippen LogP contribution in [0.15, 0.2) is 42.6 Å². The van der Waals surface area contributed by atoms with Gasteiger partial charge in [0.1, 0.15) is 5.82 Å². The van der Waals surface area contributed by atoms with Gasteiger partial charge in [-0.25, -0.2) is 4.39 Å². The molecule has 2 aliphatic heterocycles. The summed E-state index contributed by atoms with van der Waals surface area (Å²) in [6.07, 6.45) is 5.10. The smallest absolute Gasteiger partial charge is 0.229 e. The van der Waals surface area contributed by atoms with Crippen molar-refractivity contribution in [1.82, 2.24) is 15.2 Å². The number of nitrogens with zero attached hydrogens (tertiary/aromatic N) is 2. The van der Waals surface area contributed by atoms with Crippen LogP contribution in [0.5, 0.6) is 0 Å². The summed E-state index contributed by atoms with van der Waals surface area (Å²) >= 11 is 0. The number of rotatable bonds is 6. The zero-order valence-electron chi connectivity index (χ0n) is 18.5. The molecule has 0 bridgehead atoms. The minimum Gasteiger partial charge on any atom is -0.381 e. The van der Waals surface area contributed by atoms with Crippen molar-refractivity contribution in [2.45, 2.75) is 51.6 Å². The van der Waals surface area contributed by atoms with E-state index in [-0.39, 0.29) is 23.7 Å². The minimum absolute atomic E-state index is 0.0399. The van der Waals surface area contributed by atoms with Gasteiger partial charge in [-0.05, 0) is 61.4 Å². The first-order chi connectivity index (χ1) is 15.5. The van der Waals surface area contributed by atoms with Crippen molar-refractivity contribution in [1.29, 1.82) is 0 Å². The lowest BCUT2D eigenvalue weighted by Gasteiger charge is -2.40. The number of ether oxygens (including phenoxy) is 1. The average Bonchev–Trinajstić information content (AvgIpc) is 3.29. The number of aromatic nitrogens is 1. The molecule has 1 aromatic heterocycles. The second-order valence-corrected chi connectivity index (χ2v) is 8.81. The van der Waals surface area contributed by atoms with Crippen LogP contribution in [0.1, 0.15) is 55.5 Å². The van der Waals surface area contributed by atoms with Crippen LogP contribution in [-0.2, 0) is 27.3 Å². The number of benzene rings is 1. The Labute approximate surface area is 188 Å². The van der Waals surface area contributed by atoms with Crippen LogP contribution in [0.2, 0.25) is 0 Å². The molecule has 0 spiro atoms. The highest BCUT2D eigenvalue weighted by Gasteiger charge is 2.45. The van der Waals surface area contributed by atoms with Crippen molar-refractivity contribution in [3.05, 3.63) is 65.2 Å². The highest BCUT2D eigenvalue weighted by molar-refractivity contribution is 5.84. The highest BCUT2D eigenvalue weighted by atomic mass is 19.1. The molecule has 2 aliphatic rings. The molecule has 170 valence electrons. The molecule has 1 N–H and O–H groups in total. The lowest BCUT2D eigenvalue weighted by molar-refractivity contribution is -0.149. The summed E-state index contributed by atoms with van der Waals surface area (Å²) in [4.78, 5) is 31.6. The van der Waals surface area contributed by atoms with E-state index in [2.05, 4.69) is 10.3 Å². The molecular weight excluding hydrogens is 409 g/mol. The summed E-state index contributed by atoms with van der Waals surface area (Å²) in [6.45, 7) is 3.54. The monoisotopic (exact) mass is 439 g/mol. The summed E-state index contributed by atoms with van der Waals surface area (Å²) < 4.78 is 20.0. The SMILES string of the molecule is CC(=O)NCc1cc(C2CCCN2C(=O)C2(Cc3ccccc3F)CCOCC2)ccn1. The fourth-order valence-corrected chi connectivity index (χ4v) is 4.91. The third kappa shape index (κ3) is 4.83. The van der Waals surface area contributed by atoms with Gasteiger partial charge in [-0.2, -0.15) is 0 Å². The van der Waals surface area contributed by atoms with E-state index in [0.717, 1.165) is 24.1 Å². The Bertz CT molecular complexity index is 974. The number of carbonyl (C=O) groups is 2. The zero-order valence-corrected chi connectivity index (χ0v) is 18.5. The van der Waals surface area contributed by atoms with Crippen LogP contribution in [-0.4, -0.2) is 41.5 Å². The molecule has 6 nitrogen and oxygen atoms in total. The van der Waals surface area contributed by atoms with Gasteiger partial charge in [0.2, 0.25) is 11.8 Å². The summed E-state index contributed by atoms with van der Waals surface area (Å²) in [6, 6.07) is 10.6. The number of nitrogens with one attached hydrogen (secondary N) is 1. The predicted molar refractivity (Wildman–Crippen MR) is 118 cm³/mol. The van der Waals surface area contributed by atoms with E-state index in [1.54, 1.807) is 18.3 Å². The van der Waals surface area contributed by atoms with Gasteiger partial charge in [0.05, 0.1) is 23.7 Å². The largest absolute Gasteiger partial charge is 0.381 e. The van der Waals surface area contributed by atoms with Crippen molar-refractivity contribution >= 4 is 11.8 Å². The maximum absolute atomic E-state index is 14.5. The van der Waals surface area contributed by atoms with Crippen LogP contribution in [0, 0.1) is 11.2 Å². The standard InChI is InChI=1S/C25H30FN3O3/c1-18(30)28-17-21-15-19(8-11-27-21)23-7-4-12-29(23)24(31)25(9-13-32-14-10-25)16-20-5-2-3-6-22(20)26/h2-3,5-6,8,11,15,23H,4,7,9-10,12-14,16-17H2,1H3,(H,28,30). The number of halogens is 1. The van der Waals surface area contributed by atoms with E-state index in [0.29, 0.717) is 51.1 Å². The normalized spacial score (nSPS) is 20.2. The van der Waals surface area contributed by atoms with E-state index in [1.807, 2.05) is 23.1 Å². The van der Waals surface area contributed by atoms with Crippen molar-refractivity contribution < 1.29 is 18.7 Å². The first kappa shape index (κ1) is 22.4. The molecule has 2 amide bonds. The number of hydrogen-bond acceptors (Lipinski definition) is 4. The van der Waals surface area contributed by atoms with E-state index >= 15 is 0 Å². The third-order valence-electron chi connectivity index (χ3n) is 6.65. The van der Waals surface area contributed by atoms with Crippen molar-refractivity contribution in [2.24, 2.45) is 5.41 Å². The van der Waals surface area contributed by atoms with Crippen molar-refractivity contribution in [2.75, 3.05) is 19.8 Å². The lowest BCUT2D eigenvalue weighted by atomic mass is 9.73. The Morgan fingerprint density at radius 2 is 2.03 bits per heavy atom. The van der Waals surface area contributed by atoms with Gasteiger partial charge in [-0.1, -0.05) is 18.2 Å². The van der Waals surface area contributed by atoms with Crippen LogP contribution in [0.3, 0.4) is 0 Å². The first-order valence-corrected chi connectivity index (χ1v) is 11.3. The third-order valence-corrected chi connectivity index (χ3v) is 6.65. The first-order valence-electron chi connectivity index (χ1n) is 11.3. The fraction of sp³-hybridized carbons (Fsp3) is 0.480. The summed E-state index contributed by atoms with van der Waals surface area (Å²) in [5.74, 6) is -0.280. The van der Waals surface area contributed by atoms with Gasteiger partial charge < -0.3 is 15.0 Å². The molecule has 0 aliphatic carbocycles. The molecular formula is C25H30FN3O3. The second kappa shape index (κ2) is 9.77. The molecule has 1 unspecified atom stereocenters. The summed E-state index contributed by atoms with van der Waals surface area (Å²) in [7, 11) is 0. The number of carbonyl (C=O) groups excluding carboxylic acids is 2. The number of pyridine rings is 1. The maximum Gasteiger partial charge on any atom is 0.229 e. The molecule has 32 heavy (non-hydrogen) atoms. The lowest BCUT2D eigenvalue weighted by Crippen LogP contribution is -2.48.